The highest BCUT2D eigenvalue weighted by molar-refractivity contribution is 6.39. The lowest BCUT2D eigenvalue weighted by Crippen LogP contribution is -2.42. The van der Waals surface area contributed by atoms with Crippen molar-refractivity contribution in [1.29, 1.82) is 0 Å². The molecule has 0 aliphatic heterocycles. The minimum atomic E-state index is -5.64. The highest BCUT2D eigenvalue weighted by Crippen LogP contribution is 2.48. The molecule has 0 spiro atoms. The van der Waals surface area contributed by atoms with Gasteiger partial charge in [0.15, 0.2) is 0 Å². The van der Waals surface area contributed by atoms with Crippen LogP contribution in [0.15, 0.2) is 66.7 Å². The van der Waals surface area contributed by atoms with Gasteiger partial charge in [-0.2, -0.15) is 124 Å². The Labute approximate surface area is 456 Å². The van der Waals surface area contributed by atoms with Crippen molar-refractivity contribution >= 4 is 7.32 Å². The van der Waals surface area contributed by atoms with Crippen molar-refractivity contribution < 1.29 is 124 Å². The Balaban J connectivity index is 0.00000109. The molecule has 29 heteroatoms. The molecule has 462 valence electrons. The summed E-state index contributed by atoms with van der Waals surface area (Å²) in [5.41, 5.74) is -16.2. The van der Waals surface area contributed by atoms with Crippen molar-refractivity contribution in [3.05, 3.63) is 123 Å². The third-order valence-corrected chi connectivity index (χ3v) is 12.4. The molecule has 0 aromatic heterocycles. The fourth-order valence-corrected chi connectivity index (χ4v) is 8.28. The Morgan fingerprint density at radius 2 is 0.659 bits per heavy atom. The molecular formula is C53H56BF24NO3. The second-order valence-corrected chi connectivity index (χ2v) is 19.9. The minimum Gasteiger partial charge on any atom is -0.490 e. The lowest BCUT2D eigenvalue weighted by molar-refractivity contribution is -0.902. The Kier molecular flexibility index (Phi) is 24.6. The smallest absolute Gasteiger partial charge is 0.490 e. The van der Waals surface area contributed by atoms with E-state index in [1.807, 2.05) is 0 Å². The fraction of sp³-hybridized carbons (Fsp3) is 0.547. The van der Waals surface area contributed by atoms with Gasteiger partial charge >= 0.3 is 56.7 Å². The largest absolute Gasteiger partial charge is 0.864 e. The monoisotopic (exact) mass is 1220 g/mol. The molecule has 4 aromatic carbocycles. The SMILES string of the molecule is CCCCCCCCCCCCCCCCCC(c1c(OB(Oc2cc(C(F)(F)F)cc(C(F)(F)F)c2)Oc2cc(C(F)(F)F)cc(C(F)(F)F)c2)cc(C(F)(F)F)cc1C(F)(F)F)[N+](C)(C)C.FC(F)(F)c1c[c-]cc(C(F)(F)F)c1. The molecule has 0 N–H and O–H groups in total. The van der Waals surface area contributed by atoms with Crippen molar-refractivity contribution in [2.75, 3.05) is 21.1 Å². The Morgan fingerprint density at radius 3 is 0.951 bits per heavy atom. The van der Waals surface area contributed by atoms with E-state index in [-0.39, 0.29) is 55.3 Å². The predicted octanol–water partition coefficient (Wildman–Crippen LogP) is 20.9. The van der Waals surface area contributed by atoms with Crippen molar-refractivity contribution in [2.24, 2.45) is 0 Å². The first-order valence-electron chi connectivity index (χ1n) is 25.2. The van der Waals surface area contributed by atoms with Gasteiger partial charge in [-0.05, 0) is 55.0 Å². The molecule has 0 heterocycles. The van der Waals surface area contributed by atoms with Gasteiger partial charge in [0.25, 0.3) is 0 Å². The molecule has 0 saturated carbocycles. The van der Waals surface area contributed by atoms with Crippen molar-refractivity contribution in [2.45, 2.75) is 165 Å². The number of hydrogen-bond donors (Lipinski definition) is 0. The highest BCUT2D eigenvalue weighted by atomic mass is 19.4. The Hall–Kier alpha value is -5.38. The normalized spacial score (nSPS) is 13.6. The van der Waals surface area contributed by atoms with Gasteiger partial charge < -0.3 is 18.4 Å². The quantitative estimate of drug-likeness (QED) is 0.0230. The van der Waals surface area contributed by atoms with Gasteiger partial charge in [0, 0.05) is 6.42 Å². The van der Waals surface area contributed by atoms with Crippen molar-refractivity contribution in [1.82, 2.24) is 0 Å². The van der Waals surface area contributed by atoms with E-state index < -0.39 is 147 Å². The van der Waals surface area contributed by atoms with E-state index in [9.17, 15) is 92.2 Å². The zero-order chi connectivity index (χ0) is 62.5. The summed E-state index contributed by atoms with van der Waals surface area (Å²) in [7, 11) is 0.783. The van der Waals surface area contributed by atoms with Gasteiger partial charge in [-0.15, -0.1) is 6.07 Å². The summed E-state index contributed by atoms with van der Waals surface area (Å²) >= 11 is 0. The molecule has 0 amide bonds. The molecule has 4 aromatic rings. The maximum Gasteiger partial charge on any atom is 0.864 e. The molecular weight excluding hydrogens is 1170 g/mol. The van der Waals surface area contributed by atoms with E-state index in [1.54, 1.807) is 6.07 Å². The number of nitrogens with zero attached hydrogens (tertiary/aromatic N) is 1. The second kappa shape index (κ2) is 28.5. The van der Waals surface area contributed by atoms with E-state index >= 15 is 13.2 Å². The first-order chi connectivity index (χ1) is 37.3. The van der Waals surface area contributed by atoms with Crippen LogP contribution < -0.4 is 14.0 Å². The third-order valence-electron chi connectivity index (χ3n) is 12.4. The van der Waals surface area contributed by atoms with Crippen LogP contribution in [-0.2, 0) is 49.4 Å². The summed E-state index contributed by atoms with van der Waals surface area (Å²) < 4.78 is 341. The zero-order valence-corrected chi connectivity index (χ0v) is 44.1. The van der Waals surface area contributed by atoms with Crippen LogP contribution in [0, 0.1) is 6.07 Å². The van der Waals surface area contributed by atoms with E-state index in [0.717, 1.165) is 51.4 Å². The number of quaternary nitrogens is 1. The summed E-state index contributed by atoms with van der Waals surface area (Å²) in [6.07, 6.45) is -29.3. The Morgan fingerprint density at radius 1 is 0.366 bits per heavy atom. The lowest BCUT2D eigenvalue weighted by atomic mass is 9.90. The molecule has 0 radical (unpaired) electrons. The summed E-state index contributed by atoms with van der Waals surface area (Å²) in [6.45, 7) is 2.14. The van der Waals surface area contributed by atoms with Gasteiger partial charge in [-0.3, -0.25) is 0 Å². The van der Waals surface area contributed by atoms with Crippen LogP contribution in [0.4, 0.5) is 105 Å². The molecule has 0 saturated heterocycles. The predicted molar refractivity (Wildman–Crippen MR) is 253 cm³/mol. The first-order valence-corrected chi connectivity index (χ1v) is 25.2. The zero-order valence-electron chi connectivity index (χ0n) is 44.1. The summed E-state index contributed by atoms with van der Waals surface area (Å²) in [5, 5.41) is 0. The van der Waals surface area contributed by atoms with Crippen LogP contribution in [0.25, 0.3) is 0 Å². The van der Waals surface area contributed by atoms with Gasteiger partial charge in [-0.1, -0.05) is 108 Å². The van der Waals surface area contributed by atoms with Crippen LogP contribution in [0.5, 0.6) is 17.2 Å². The molecule has 0 aliphatic carbocycles. The average molecular weight is 1220 g/mol. The van der Waals surface area contributed by atoms with Crippen LogP contribution in [0.3, 0.4) is 0 Å². The summed E-state index contributed by atoms with van der Waals surface area (Å²) in [6, 6.07) is -0.404. The van der Waals surface area contributed by atoms with Gasteiger partial charge in [0.05, 0.1) is 60.1 Å². The number of halogens is 24. The van der Waals surface area contributed by atoms with Gasteiger partial charge in [-0.25, -0.2) is 0 Å². The molecule has 4 rings (SSSR count). The number of benzene rings is 4. The number of hydrogen-bond acceptors (Lipinski definition) is 3. The molecule has 1 unspecified atom stereocenters. The number of rotatable bonds is 24. The minimum absolute atomic E-state index is 0.0278. The summed E-state index contributed by atoms with van der Waals surface area (Å²) in [4.78, 5) is 0. The number of alkyl halides is 24. The molecule has 1 atom stereocenters. The van der Waals surface area contributed by atoms with Crippen LogP contribution in [0.1, 0.15) is 166 Å². The topological polar surface area (TPSA) is 27.7 Å². The number of unbranched alkanes of at least 4 members (excludes halogenated alkanes) is 14. The highest BCUT2D eigenvalue weighted by Gasteiger charge is 2.47. The lowest BCUT2D eigenvalue weighted by Gasteiger charge is -2.37. The molecule has 82 heavy (non-hydrogen) atoms. The van der Waals surface area contributed by atoms with E-state index in [1.165, 1.54) is 46.8 Å². The van der Waals surface area contributed by atoms with Gasteiger partial charge in [0.2, 0.25) is 0 Å². The van der Waals surface area contributed by atoms with Gasteiger partial charge in [0.1, 0.15) is 23.3 Å². The maximum atomic E-state index is 15.0. The van der Waals surface area contributed by atoms with Crippen LogP contribution in [-0.4, -0.2) is 32.9 Å². The molecule has 0 aliphatic rings. The van der Waals surface area contributed by atoms with Crippen LogP contribution >= 0.6 is 0 Å². The van der Waals surface area contributed by atoms with Crippen LogP contribution in [0.2, 0.25) is 0 Å². The molecule has 0 bridgehead atoms. The molecule has 0 fully saturated rings. The standard InChI is InChI=1S/C45H53BF18NO3.C8H3F6/c1-5-6-7-8-9-10-11-12-13-14-15-16-17-18-19-20-37(65(2,3)4)39-36(45(62,63)64)27-33(44(59,60)61)28-38(39)68-46(66-34-23-29(40(47,48)49)21-30(24-34)41(50,51)52)67-35-25-31(42(53,54)55)22-32(26-35)43(56,57)58;9-7(10,11)5-2-1-3-6(4-5)8(12,13)14/h21-28,37H,5-20H2,1-4H3;2-4H/q+1;-1. The maximum absolute atomic E-state index is 15.0. The van der Waals surface area contributed by atoms with Crippen molar-refractivity contribution in [3.63, 3.8) is 0 Å². The first kappa shape index (κ1) is 70.9. The third kappa shape index (κ3) is 23.3. The molecule has 4 nitrogen and oxygen atoms in total. The summed E-state index contributed by atoms with van der Waals surface area (Å²) in [5.74, 6) is -4.63. The van der Waals surface area contributed by atoms with E-state index in [0.29, 0.717) is 25.0 Å². The average Bonchev–Trinajstić information content (AvgIpc) is 3.32. The van der Waals surface area contributed by atoms with E-state index in [2.05, 4.69) is 6.92 Å². The van der Waals surface area contributed by atoms with E-state index in [4.69, 9.17) is 14.0 Å². The fourth-order valence-electron chi connectivity index (χ4n) is 8.28. The Bertz CT molecular complexity index is 2440. The second-order valence-electron chi connectivity index (χ2n) is 19.9. The van der Waals surface area contributed by atoms with Crippen molar-refractivity contribution in [3.8, 4) is 17.2 Å².